The van der Waals surface area contributed by atoms with E-state index < -0.39 is 0 Å². The van der Waals surface area contributed by atoms with Crippen molar-refractivity contribution in [1.82, 2.24) is 4.98 Å². The third kappa shape index (κ3) is 4.22. The molecule has 0 aliphatic carbocycles. The van der Waals surface area contributed by atoms with Gasteiger partial charge in [-0.15, -0.1) is 0 Å². The molecule has 0 bridgehead atoms. The van der Waals surface area contributed by atoms with Gasteiger partial charge in [-0.25, -0.2) is 4.98 Å². The Kier molecular flexibility index (Phi) is 5.85. The van der Waals surface area contributed by atoms with Gasteiger partial charge >= 0.3 is 0 Å². The Hall–Kier alpha value is -3.46. The lowest BCUT2D eigenvalue weighted by Gasteiger charge is -2.17. The summed E-state index contributed by atoms with van der Waals surface area (Å²) in [5, 5.41) is 4.05. The highest BCUT2D eigenvalue weighted by atomic mass is 16.1. The molecule has 0 aliphatic heterocycles. The van der Waals surface area contributed by atoms with Crippen LogP contribution in [0.2, 0.25) is 0 Å². The summed E-state index contributed by atoms with van der Waals surface area (Å²) < 4.78 is 0. The molecule has 0 saturated heterocycles. The molecule has 3 heteroatoms. The summed E-state index contributed by atoms with van der Waals surface area (Å²) in [5.41, 5.74) is 7.66. The zero-order chi connectivity index (χ0) is 22.0. The van der Waals surface area contributed by atoms with Gasteiger partial charge in [0.1, 0.15) is 0 Å². The number of aryl methyl sites for hydroxylation is 2. The molecule has 0 fully saturated rings. The first-order valence-electron chi connectivity index (χ1n) is 10.9. The zero-order valence-corrected chi connectivity index (χ0v) is 18.6. The molecule has 0 aliphatic rings. The summed E-state index contributed by atoms with van der Waals surface area (Å²) in [5.74, 6) is 0.207. The smallest absolute Gasteiger partial charge is 0.256 e. The maximum Gasteiger partial charge on any atom is 0.256 e. The molecule has 0 unspecified atom stereocenters. The van der Waals surface area contributed by atoms with Crippen LogP contribution >= 0.6 is 0 Å². The van der Waals surface area contributed by atoms with Crippen molar-refractivity contribution in [2.75, 3.05) is 5.32 Å². The van der Waals surface area contributed by atoms with E-state index in [4.69, 9.17) is 4.98 Å². The van der Waals surface area contributed by atoms with Crippen LogP contribution in [0.25, 0.3) is 22.2 Å². The minimum Gasteiger partial charge on any atom is -0.321 e. The Balaban J connectivity index is 1.80. The molecule has 1 amide bonds. The number of benzene rings is 3. The molecule has 0 radical (unpaired) electrons. The van der Waals surface area contributed by atoms with E-state index in [-0.39, 0.29) is 5.91 Å². The molecule has 0 spiro atoms. The Labute approximate surface area is 184 Å². The van der Waals surface area contributed by atoms with E-state index in [1.807, 2.05) is 49.4 Å². The van der Waals surface area contributed by atoms with E-state index in [9.17, 15) is 4.79 Å². The van der Waals surface area contributed by atoms with Crippen molar-refractivity contribution in [2.45, 2.75) is 40.0 Å². The second-order valence-corrected chi connectivity index (χ2v) is 8.27. The SMILES string of the molecule is CCc1ccc(-c2cc(C(=O)Nc3c(C)cccc3C(C)C)c3ccccc3n2)cc1. The van der Waals surface area contributed by atoms with Crippen LogP contribution in [0.15, 0.2) is 72.8 Å². The molecule has 0 saturated carbocycles. The summed E-state index contributed by atoms with van der Waals surface area (Å²) in [6.45, 7) is 8.46. The van der Waals surface area contributed by atoms with Gasteiger partial charge in [0.05, 0.1) is 16.8 Å². The van der Waals surface area contributed by atoms with E-state index in [0.717, 1.165) is 45.4 Å². The fourth-order valence-corrected chi connectivity index (χ4v) is 3.95. The molecule has 1 N–H and O–H groups in total. The van der Waals surface area contributed by atoms with Crippen molar-refractivity contribution in [1.29, 1.82) is 0 Å². The maximum atomic E-state index is 13.5. The van der Waals surface area contributed by atoms with Crippen LogP contribution in [0.4, 0.5) is 5.69 Å². The van der Waals surface area contributed by atoms with E-state index in [2.05, 4.69) is 56.4 Å². The van der Waals surface area contributed by atoms with Gasteiger partial charge in [0, 0.05) is 16.6 Å². The highest BCUT2D eigenvalue weighted by Gasteiger charge is 2.17. The normalized spacial score (nSPS) is 11.1. The number of carbonyl (C=O) groups excluding carboxylic acids is 1. The van der Waals surface area contributed by atoms with E-state index in [0.29, 0.717) is 11.5 Å². The molecule has 4 aromatic rings. The lowest BCUT2D eigenvalue weighted by atomic mass is 9.97. The number of rotatable bonds is 5. The second kappa shape index (κ2) is 8.73. The number of nitrogens with zero attached hydrogens (tertiary/aromatic N) is 1. The van der Waals surface area contributed by atoms with Crippen molar-refractivity contribution in [3.05, 3.63) is 95.1 Å². The predicted octanol–water partition coefficient (Wildman–Crippen LogP) is 7.15. The monoisotopic (exact) mass is 408 g/mol. The molecule has 0 atom stereocenters. The predicted molar refractivity (Wildman–Crippen MR) is 130 cm³/mol. The summed E-state index contributed by atoms with van der Waals surface area (Å²) >= 11 is 0. The largest absolute Gasteiger partial charge is 0.321 e. The van der Waals surface area contributed by atoms with Crippen molar-refractivity contribution in [3.63, 3.8) is 0 Å². The molecule has 4 rings (SSSR count). The van der Waals surface area contributed by atoms with Gasteiger partial charge in [0.2, 0.25) is 0 Å². The number of amides is 1. The lowest BCUT2D eigenvalue weighted by Crippen LogP contribution is -2.15. The molecule has 1 heterocycles. The highest BCUT2D eigenvalue weighted by molar-refractivity contribution is 6.13. The molecular formula is C28H28N2O. The van der Waals surface area contributed by atoms with Crippen molar-refractivity contribution in [3.8, 4) is 11.3 Å². The lowest BCUT2D eigenvalue weighted by molar-refractivity contribution is 0.102. The third-order valence-corrected chi connectivity index (χ3v) is 5.78. The fourth-order valence-electron chi connectivity index (χ4n) is 3.95. The average Bonchev–Trinajstić information content (AvgIpc) is 2.79. The number of nitrogens with one attached hydrogen (secondary N) is 1. The molecule has 3 nitrogen and oxygen atoms in total. The van der Waals surface area contributed by atoms with Crippen LogP contribution in [-0.2, 0) is 6.42 Å². The summed E-state index contributed by atoms with van der Waals surface area (Å²) in [6, 6.07) is 24.3. The van der Waals surface area contributed by atoms with Gasteiger partial charge in [0.15, 0.2) is 0 Å². The van der Waals surface area contributed by atoms with E-state index in [1.54, 1.807) is 0 Å². The fraction of sp³-hybridized carbons (Fsp3) is 0.214. The van der Waals surface area contributed by atoms with Gasteiger partial charge in [0.25, 0.3) is 5.91 Å². The van der Waals surface area contributed by atoms with Gasteiger partial charge < -0.3 is 5.32 Å². The number of fused-ring (bicyclic) bond motifs is 1. The van der Waals surface area contributed by atoms with Crippen LogP contribution in [0.3, 0.4) is 0 Å². The number of para-hydroxylation sites is 2. The number of aromatic nitrogens is 1. The Bertz CT molecular complexity index is 1240. The quantitative estimate of drug-likeness (QED) is 0.381. The summed E-state index contributed by atoms with van der Waals surface area (Å²) in [6.07, 6.45) is 0.994. The van der Waals surface area contributed by atoms with Gasteiger partial charge in [-0.3, -0.25) is 4.79 Å². The van der Waals surface area contributed by atoms with Gasteiger partial charge in [-0.1, -0.05) is 81.4 Å². The summed E-state index contributed by atoms with van der Waals surface area (Å²) in [4.78, 5) is 18.3. The van der Waals surface area contributed by atoms with Crippen LogP contribution in [0, 0.1) is 6.92 Å². The van der Waals surface area contributed by atoms with Gasteiger partial charge in [-0.05, 0) is 48.1 Å². The molecular weight excluding hydrogens is 380 g/mol. The van der Waals surface area contributed by atoms with Crippen LogP contribution in [-0.4, -0.2) is 10.9 Å². The maximum absolute atomic E-state index is 13.5. The van der Waals surface area contributed by atoms with E-state index in [1.165, 1.54) is 5.56 Å². The summed E-state index contributed by atoms with van der Waals surface area (Å²) in [7, 11) is 0. The Morgan fingerprint density at radius 1 is 0.968 bits per heavy atom. The number of carbonyl (C=O) groups is 1. The van der Waals surface area contributed by atoms with Crippen molar-refractivity contribution in [2.24, 2.45) is 0 Å². The molecule has 31 heavy (non-hydrogen) atoms. The second-order valence-electron chi connectivity index (χ2n) is 8.27. The van der Waals surface area contributed by atoms with Crippen LogP contribution < -0.4 is 5.32 Å². The van der Waals surface area contributed by atoms with Crippen LogP contribution in [0.5, 0.6) is 0 Å². The number of pyridine rings is 1. The Morgan fingerprint density at radius 3 is 2.42 bits per heavy atom. The van der Waals surface area contributed by atoms with E-state index >= 15 is 0 Å². The minimum absolute atomic E-state index is 0.110. The number of hydrogen-bond acceptors (Lipinski definition) is 2. The molecule has 156 valence electrons. The number of anilines is 1. The Morgan fingerprint density at radius 2 is 1.71 bits per heavy atom. The first kappa shape index (κ1) is 20.8. The number of hydrogen-bond donors (Lipinski definition) is 1. The first-order valence-corrected chi connectivity index (χ1v) is 10.9. The van der Waals surface area contributed by atoms with Crippen molar-refractivity contribution >= 4 is 22.5 Å². The zero-order valence-electron chi connectivity index (χ0n) is 18.6. The average molecular weight is 409 g/mol. The highest BCUT2D eigenvalue weighted by Crippen LogP contribution is 2.30. The van der Waals surface area contributed by atoms with Crippen LogP contribution in [0.1, 0.15) is 53.7 Å². The molecule has 1 aromatic heterocycles. The van der Waals surface area contributed by atoms with Crippen molar-refractivity contribution < 1.29 is 4.79 Å². The van der Waals surface area contributed by atoms with Gasteiger partial charge in [-0.2, -0.15) is 0 Å². The third-order valence-electron chi connectivity index (χ3n) is 5.78. The standard InChI is InChI=1S/C28H28N2O/c1-5-20-13-15-21(16-14-20)26-17-24(23-10-6-7-12-25(23)29-26)28(31)30-27-19(4)9-8-11-22(27)18(2)3/h6-18H,5H2,1-4H3,(H,30,31). The minimum atomic E-state index is -0.110. The molecule has 3 aromatic carbocycles. The topological polar surface area (TPSA) is 42.0 Å². The first-order chi connectivity index (χ1) is 15.0.